The second kappa shape index (κ2) is 6.92. The normalized spacial score (nSPS) is 32.5. The smallest absolute Gasteiger partial charge is 0.310 e. The van der Waals surface area contributed by atoms with E-state index < -0.39 is 0 Å². The SMILES string of the molecule is CCC(=O)C1CCC(COC(=O)C2CC(C)(C)NC2(C)C)CC1. The summed E-state index contributed by atoms with van der Waals surface area (Å²) in [5.74, 6) is 0.896. The maximum atomic E-state index is 12.5. The summed E-state index contributed by atoms with van der Waals surface area (Å²) in [6.45, 7) is 10.9. The van der Waals surface area contributed by atoms with Crippen LogP contribution in [0, 0.1) is 17.8 Å². The number of carbonyl (C=O) groups excluding carboxylic acids is 2. The summed E-state index contributed by atoms with van der Waals surface area (Å²) in [5.41, 5.74) is -0.239. The monoisotopic (exact) mass is 323 g/mol. The Balaban J connectivity index is 1.79. The molecule has 0 aromatic carbocycles. The maximum Gasteiger partial charge on any atom is 0.310 e. The molecule has 1 unspecified atom stereocenters. The van der Waals surface area contributed by atoms with E-state index in [1.807, 2.05) is 6.92 Å². The van der Waals surface area contributed by atoms with Crippen molar-refractivity contribution in [1.82, 2.24) is 5.32 Å². The largest absolute Gasteiger partial charge is 0.465 e. The molecule has 4 heteroatoms. The fourth-order valence-electron chi connectivity index (χ4n) is 4.39. The number of hydrogen-bond donors (Lipinski definition) is 1. The highest BCUT2D eigenvalue weighted by Crippen LogP contribution is 2.37. The van der Waals surface area contributed by atoms with Crippen LogP contribution in [0.4, 0.5) is 0 Å². The maximum absolute atomic E-state index is 12.5. The van der Waals surface area contributed by atoms with Gasteiger partial charge in [-0.1, -0.05) is 6.92 Å². The summed E-state index contributed by atoms with van der Waals surface area (Å²) in [4.78, 5) is 24.2. The molecule has 1 N–H and O–H groups in total. The molecule has 0 bridgehead atoms. The van der Waals surface area contributed by atoms with Crippen molar-refractivity contribution in [2.24, 2.45) is 17.8 Å². The van der Waals surface area contributed by atoms with Crippen molar-refractivity contribution in [3.05, 3.63) is 0 Å². The van der Waals surface area contributed by atoms with Crippen molar-refractivity contribution in [2.45, 2.75) is 84.2 Å². The number of ether oxygens (including phenoxy) is 1. The van der Waals surface area contributed by atoms with Crippen LogP contribution < -0.4 is 5.32 Å². The Morgan fingerprint density at radius 3 is 2.17 bits per heavy atom. The fourth-order valence-corrected chi connectivity index (χ4v) is 4.39. The summed E-state index contributed by atoms with van der Waals surface area (Å²) in [6, 6.07) is 0. The Labute approximate surface area is 140 Å². The quantitative estimate of drug-likeness (QED) is 0.787. The van der Waals surface area contributed by atoms with Gasteiger partial charge in [0.1, 0.15) is 5.78 Å². The molecule has 0 radical (unpaired) electrons. The van der Waals surface area contributed by atoms with E-state index in [2.05, 4.69) is 33.0 Å². The molecule has 2 rings (SSSR count). The molecule has 2 fully saturated rings. The van der Waals surface area contributed by atoms with Crippen LogP contribution in [0.2, 0.25) is 0 Å². The fraction of sp³-hybridized carbons (Fsp3) is 0.895. The van der Waals surface area contributed by atoms with Crippen molar-refractivity contribution in [1.29, 1.82) is 0 Å². The predicted octanol–water partition coefficient (Wildman–Crippen LogP) is 3.48. The van der Waals surface area contributed by atoms with E-state index in [0.717, 1.165) is 32.1 Å². The molecule has 0 aromatic heterocycles. The third-order valence-electron chi connectivity index (χ3n) is 5.64. The first kappa shape index (κ1) is 18.4. The van der Waals surface area contributed by atoms with Crippen LogP contribution in [0.15, 0.2) is 0 Å². The zero-order valence-corrected chi connectivity index (χ0v) is 15.4. The first-order valence-corrected chi connectivity index (χ1v) is 9.13. The van der Waals surface area contributed by atoms with Gasteiger partial charge in [0.15, 0.2) is 0 Å². The Morgan fingerprint density at radius 1 is 1.09 bits per heavy atom. The molecule has 1 aliphatic carbocycles. The molecule has 2 aliphatic rings. The minimum Gasteiger partial charge on any atom is -0.465 e. The molecule has 1 saturated carbocycles. The number of nitrogens with one attached hydrogen (secondary N) is 1. The zero-order valence-electron chi connectivity index (χ0n) is 15.4. The highest BCUT2D eigenvalue weighted by molar-refractivity contribution is 5.80. The molecule has 23 heavy (non-hydrogen) atoms. The minimum atomic E-state index is -0.216. The molecular weight excluding hydrogens is 290 g/mol. The summed E-state index contributed by atoms with van der Waals surface area (Å²) in [6.07, 6.45) is 5.38. The van der Waals surface area contributed by atoms with Crippen LogP contribution in [0.1, 0.15) is 73.1 Å². The summed E-state index contributed by atoms with van der Waals surface area (Å²) in [7, 11) is 0. The Bertz CT molecular complexity index is 448. The van der Waals surface area contributed by atoms with Crippen molar-refractivity contribution >= 4 is 11.8 Å². The highest BCUT2D eigenvalue weighted by atomic mass is 16.5. The second-order valence-corrected chi connectivity index (χ2v) is 8.65. The van der Waals surface area contributed by atoms with E-state index in [0.29, 0.717) is 24.7 Å². The van der Waals surface area contributed by atoms with Gasteiger partial charge in [0.05, 0.1) is 12.5 Å². The van der Waals surface area contributed by atoms with E-state index in [1.165, 1.54) is 0 Å². The number of esters is 1. The van der Waals surface area contributed by atoms with Gasteiger partial charge in [-0.3, -0.25) is 9.59 Å². The average molecular weight is 323 g/mol. The highest BCUT2D eigenvalue weighted by Gasteiger charge is 2.48. The van der Waals surface area contributed by atoms with Crippen LogP contribution in [-0.4, -0.2) is 29.4 Å². The number of rotatable bonds is 5. The van der Waals surface area contributed by atoms with Crippen molar-refractivity contribution < 1.29 is 14.3 Å². The lowest BCUT2D eigenvalue weighted by Crippen LogP contribution is -2.46. The lowest BCUT2D eigenvalue weighted by Gasteiger charge is -2.29. The standard InChI is InChI=1S/C19H33NO3/c1-6-16(21)14-9-7-13(8-10-14)12-23-17(22)15-11-18(2,3)20-19(15,4)5/h13-15,20H,6-12H2,1-5H3. The molecule has 4 nitrogen and oxygen atoms in total. The molecule has 132 valence electrons. The van der Waals surface area contributed by atoms with Gasteiger partial charge in [0.25, 0.3) is 0 Å². The van der Waals surface area contributed by atoms with E-state index in [9.17, 15) is 9.59 Å². The van der Waals surface area contributed by atoms with Crippen LogP contribution in [0.25, 0.3) is 0 Å². The summed E-state index contributed by atoms with van der Waals surface area (Å²) >= 11 is 0. The van der Waals surface area contributed by atoms with Crippen molar-refractivity contribution in [3.8, 4) is 0 Å². The molecule has 0 amide bonds. The lowest BCUT2D eigenvalue weighted by molar-refractivity contribution is -0.152. The van der Waals surface area contributed by atoms with Gasteiger partial charge in [0.2, 0.25) is 0 Å². The van der Waals surface area contributed by atoms with Crippen LogP contribution in [-0.2, 0) is 14.3 Å². The van der Waals surface area contributed by atoms with E-state index >= 15 is 0 Å². The number of hydrogen-bond acceptors (Lipinski definition) is 4. The van der Waals surface area contributed by atoms with Crippen LogP contribution in [0.3, 0.4) is 0 Å². The van der Waals surface area contributed by atoms with E-state index in [1.54, 1.807) is 0 Å². The molecule has 1 aliphatic heterocycles. The van der Waals surface area contributed by atoms with Gasteiger partial charge in [-0.2, -0.15) is 0 Å². The molecular formula is C19H33NO3. The lowest BCUT2D eigenvalue weighted by atomic mass is 9.80. The third-order valence-corrected chi connectivity index (χ3v) is 5.64. The average Bonchev–Trinajstić information content (AvgIpc) is 2.72. The first-order valence-electron chi connectivity index (χ1n) is 9.13. The van der Waals surface area contributed by atoms with Crippen molar-refractivity contribution in [3.63, 3.8) is 0 Å². The Morgan fingerprint density at radius 2 is 1.70 bits per heavy atom. The Hall–Kier alpha value is -0.900. The number of Topliss-reactive ketones (excluding diaryl/α,β-unsaturated/α-hetero) is 1. The zero-order chi connectivity index (χ0) is 17.3. The topological polar surface area (TPSA) is 55.4 Å². The molecule has 0 spiro atoms. The number of ketones is 1. The second-order valence-electron chi connectivity index (χ2n) is 8.65. The minimum absolute atomic E-state index is 0.0221. The van der Waals surface area contributed by atoms with Crippen LogP contribution >= 0.6 is 0 Å². The summed E-state index contributed by atoms with van der Waals surface area (Å²) in [5, 5.41) is 3.52. The predicted molar refractivity (Wildman–Crippen MR) is 91.1 cm³/mol. The van der Waals surface area contributed by atoms with Gasteiger partial charge in [-0.15, -0.1) is 0 Å². The number of carbonyl (C=O) groups is 2. The molecule has 0 aromatic rings. The van der Waals surface area contributed by atoms with Gasteiger partial charge in [0, 0.05) is 23.4 Å². The molecule has 1 heterocycles. The molecule has 1 saturated heterocycles. The summed E-state index contributed by atoms with van der Waals surface area (Å²) < 4.78 is 5.65. The van der Waals surface area contributed by atoms with Crippen molar-refractivity contribution in [2.75, 3.05) is 6.61 Å². The van der Waals surface area contributed by atoms with E-state index in [-0.39, 0.29) is 28.9 Å². The van der Waals surface area contributed by atoms with Gasteiger partial charge in [-0.05, 0) is 65.7 Å². The van der Waals surface area contributed by atoms with Gasteiger partial charge < -0.3 is 10.1 Å². The molecule has 1 atom stereocenters. The van der Waals surface area contributed by atoms with E-state index in [4.69, 9.17) is 4.74 Å². The first-order chi connectivity index (χ1) is 10.6. The Kier molecular flexibility index (Phi) is 5.55. The van der Waals surface area contributed by atoms with Gasteiger partial charge >= 0.3 is 5.97 Å². The van der Waals surface area contributed by atoms with Crippen LogP contribution in [0.5, 0.6) is 0 Å². The van der Waals surface area contributed by atoms with Gasteiger partial charge in [-0.25, -0.2) is 0 Å². The third kappa shape index (κ3) is 4.56.